The van der Waals surface area contributed by atoms with Crippen molar-refractivity contribution in [3.8, 4) is 17.6 Å². The summed E-state index contributed by atoms with van der Waals surface area (Å²) >= 11 is 0. The monoisotopic (exact) mass is 434 g/mol. The van der Waals surface area contributed by atoms with Crippen molar-refractivity contribution in [1.29, 1.82) is 0 Å². The van der Waals surface area contributed by atoms with Gasteiger partial charge in [-0.25, -0.2) is 0 Å². The molecule has 0 aliphatic heterocycles. The summed E-state index contributed by atoms with van der Waals surface area (Å²) < 4.78 is 5.49. The Hall–Kier alpha value is -3.24. The number of hydrogen-bond acceptors (Lipinski definition) is 1. The summed E-state index contributed by atoms with van der Waals surface area (Å²) in [7, 11) is 0. The second-order valence-electron chi connectivity index (χ2n) is 8.95. The molecule has 0 radical (unpaired) electrons. The molecule has 1 aliphatic carbocycles. The standard InChI is InChI=1S/C32H34O/c1-3-5-6-25-9-15-28(16-10-25)30-19-21-31(22-20-30)29-17-11-26(12-18-29)7-8-27-13-23-32(24-14-27)33-4-2/h3,9-18,23-24,30-31H,1,4-6,19-22H2,2H3/t30-,31-. The fourth-order valence-corrected chi connectivity index (χ4v) is 4.77. The number of allylic oxidation sites excluding steroid dienone is 1. The van der Waals surface area contributed by atoms with Crippen LogP contribution in [0.3, 0.4) is 0 Å². The predicted molar refractivity (Wildman–Crippen MR) is 139 cm³/mol. The molecule has 0 aromatic heterocycles. The maximum Gasteiger partial charge on any atom is 0.119 e. The summed E-state index contributed by atoms with van der Waals surface area (Å²) in [4.78, 5) is 0. The summed E-state index contributed by atoms with van der Waals surface area (Å²) in [6.07, 6.45) is 9.22. The van der Waals surface area contributed by atoms with E-state index in [4.69, 9.17) is 4.74 Å². The van der Waals surface area contributed by atoms with Gasteiger partial charge in [0.25, 0.3) is 0 Å². The lowest BCUT2D eigenvalue weighted by Gasteiger charge is -2.29. The Kier molecular flexibility index (Phi) is 8.04. The van der Waals surface area contributed by atoms with Gasteiger partial charge in [0.1, 0.15) is 5.75 Å². The molecule has 0 spiro atoms. The van der Waals surface area contributed by atoms with Crippen molar-refractivity contribution in [1.82, 2.24) is 0 Å². The third-order valence-corrected chi connectivity index (χ3v) is 6.71. The smallest absolute Gasteiger partial charge is 0.119 e. The Labute approximate surface area is 199 Å². The second-order valence-corrected chi connectivity index (χ2v) is 8.95. The number of aryl methyl sites for hydroxylation is 1. The van der Waals surface area contributed by atoms with Gasteiger partial charge in [-0.15, -0.1) is 6.58 Å². The van der Waals surface area contributed by atoms with Crippen LogP contribution in [0, 0.1) is 11.8 Å². The van der Waals surface area contributed by atoms with Gasteiger partial charge in [0.2, 0.25) is 0 Å². The fraction of sp³-hybridized carbons (Fsp3) is 0.312. The first-order chi connectivity index (χ1) is 16.2. The van der Waals surface area contributed by atoms with Gasteiger partial charge in [0.15, 0.2) is 0 Å². The molecule has 1 fully saturated rings. The molecule has 1 nitrogen and oxygen atoms in total. The van der Waals surface area contributed by atoms with Crippen LogP contribution in [0.15, 0.2) is 85.5 Å². The molecule has 0 atom stereocenters. The molecule has 0 bridgehead atoms. The molecule has 3 aromatic carbocycles. The summed E-state index contributed by atoms with van der Waals surface area (Å²) in [5, 5.41) is 0. The highest BCUT2D eigenvalue weighted by Gasteiger charge is 2.23. The highest BCUT2D eigenvalue weighted by molar-refractivity contribution is 5.45. The maximum absolute atomic E-state index is 5.49. The zero-order chi connectivity index (χ0) is 22.9. The van der Waals surface area contributed by atoms with Crippen molar-refractivity contribution in [3.63, 3.8) is 0 Å². The van der Waals surface area contributed by atoms with Crippen LogP contribution in [-0.4, -0.2) is 6.61 Å². The highest BCUT2D eigenvalue weighted by atomic mass is 16.5. The molecule has 1 heteroatoms. The predicted octanol–water partition coefficient (Wildman–Crippen LogP) is 8.05. The molecular weight excluding hydrogens is 400 g/mol. The number of rotatable bonds is 7. The summed E-state index contributed by atoms with van der Waals surface area (Å²) in [5.41, 5.74) is 6.46. The second kappa shape index (κ2) is 11.6. The van der Waals surface area contributed by atoms with E-state index < -0.39 is 0 Å². The van der Waals surface area contributed by atoms with E-state index in [1.54, 1.807) is 0 Å². The Morgan fingerprint density at radius 2 is 1.24 bits per heavy atom. The van der Waals surface area contributed by atoms with Crippen molar-refractivity contribution in [2.45, 2.75) is 57.3 Å². The van der Waals surface area contributed by atoms with Crippen LogP contribution in [0.1, 0.15) is 78.7 Å². The lowest BCUT2D eigenvalue weighted by Crippen LogP contribution is -2.12. The SMILES string of the molecule is C=CCCc1ccc([C@H]2CC[C@H](c3ccc(C#Cc4ccc(OCC)cc4)cc3)CC2)cc1. The molecule has 0 unspecified atom stereocenters. The normalized spacial score (nSPS) is 17.6. The topological polar surface area (TPSA) is 9.23 Å². The van der Waals surface area contributed by atoms with Crippen LogP contribution in [0.4, 0.5) is 0 Å². The van der Waals surface area contributed by atoms with Gasteiger partial charge in [-0.05, 0) is 110 Å². The minimum Gasteiger partial charge on any atom is -0.494 e. The Balaban J connectivity index is 1.31. The van der Waals surface area contributed by atoms with Gasteiger partial charge in [0.05, 0.1) is 6.61 Å². The first kappa shape index (κ1) is 22.9. The van der Waals surface area contributed by atoms with Crippen LogP contribution in [0.5, 0.6) is 5.75 Å². The average molecular weight is 435 g/mol. The number of ether oxygens (including phenoxy) is 1. The molecule has 0 saturated heterocycles. The minimum absolute atomic E-state index is 0.668. The van der Waals surface area contributed by atoms with E-state index in [0.29, 0.717) is 18.4 Å². The molecule has 0 N–H and O–H groups in total. The number of benzene rings is 3. The molecule has 0 heterocycles. The van der Waals surface area contributed by atoms with E-state index in [9.17, 15) is 0 Å². The van der Waals surface area contributed by atoms with E-state index >= 15 is 0 Å². The highest BCUT2D eigenvalue weighted by Crippen LogP contribution is 2.40. The minimum atomic E-state index is 0.668. The lowest BCUT2D eigenvalue weighted by atomic mass is 9.76. The maximum atomic E-state index is 5.49. The van der Waals surface area contributed by atoms with E-state index in [-0.39, 0.29) is 0 Å². The van der Waals surface area contributed by atoms with E-state index in [2.05, 4.69) is 67.0 Å². The summed E-state index contributed by atoms with van der Waals surface area (Å²) in [6, 6.07) is 26.2. The molecule has 33 heavy (non-hydrogen) atoms. The quantitative estimate of drug-likeness (QED) is 0.270. The van der Waals surface area contributed by atoms with Crippen molar-refractivity contribution >= 4 is 0 Å². The Bertz CT molecular complexity index is 1070. The van der Waals surface area contributed by atoms with E-state index in [1.165, 1.54) is 42.4 Å². The molecule has 1 aliphatic rings. The van der Waals surface area contributed by atoms with Crippen molar-refractivity contribution in [2.24, 2.45) is 0 Å². The van der Waals surface area contributed by atoms with E-state index in [1.807, 2.05) is 37.3 Å². The molecule has 1 saturated carbocycles. The average Bonchev–Trinajstić information content (AvgIpc) is 2.88. The first-order valence-electron chi connectivity index (χ1n) is 12.3. The molecule has 168 valence electrons. The van der Waals surface area contributed by atoms with Gasteiger partial charge >= 0.3 is 0 Å². The van der Waals surface area contributed by atoms with Crippen LogP contribution in [-0.2, 0) is 6.42 Å². The molecule has 0 amide bonds. The van der Waals surface area contributed by atoms with Crippen LogP contribution in [0.2, 0.25) is 0 Å². The Morgan fingerprint density at radius 3 is 1.73 bits per heavy atom. The summed E-state index contributed by atoms with van der Waals surface area (Å²) in [6.45, 7) is 6.50. The van der Waals surface area contributed by atoms with Crippen molar-refractivity contribution < 1.29 is 4.74 Å². The van der Waals surface area contributed by atoms with Gasteiger partial charge in [-0.2, -0.15) is 0 Å². The van der Waals surface area contributed by atoms with Crippen LogP contribution >= 0.6 is 0 Å². The van der Waals surface area contributed by atoms with Gasteiger partial charge < -0.3 is 4.74 Å². The van der Waals surface area contributed by atoms with Gasteiger partial charge in [0, 0.05) is 11.1 Å². The molecule has 3 aromatic rings. The lowest BCUT2D eigenvalue weighted by molar-refractivity contribution is 0.340. The van der Waals surface area contributed by atoms with Crippen LogP contribution < -0.4 is 4.74 Å². The molecular formula is C32H34O. The zero-order valence-corrected chi connectivity index (χ0v) is 19.7. The van der Waals surface area contributed by atoms with Gasteiger partial charge in [-0.1, -0.05) is 54.3 Å². The van der Waals surface area contributed by atoms with Crippen LogP contribution in [0.25, 0.3) is 0 Å². The first-order valence-corrected chi connectivity index (χ1v) is 12.3. The Morgan fingerprint density at radius 1 is 0.758 bits per heavy atom. The van der Waals surface area contributed by atoms with Gasteiger partial charge in [-0.3, -0.25) is 0 Å². The zero-order valence-electron chi connectivity index (χ0n) is 19.7. The van der Waals surface area contributed by atoms with Crippen molar-refractivity contribution in [3.05, 3.63) is 113 Å². The number of hydrogen-bond donors (Lipinski definition) is 0. The molecule has 4 rings (SSSR count). The third kappa shape index (κ3) is 6.39. The fourth-order valence-electron chi connectivity index (χ4n) is 4.77. The third-order valence-electron chi connectivity index (χ3n) is 6.71. The van der Waals surface area contributed by atoms with Crippen molar-refractivity contribution in [2.75, 3.05) is 6.61 Å². The summed E-state index contributed by atoms with van der Waals surface area (Å²) in [5.74, 6) is 8.81. The largest absolute Gasteiger partial charge is 0.494 e. The van der Waals surface area contributed by atoms with E-state index in [0.717, 1.165) is 29.7 Å².